The van der Waals surface area contributed by atoms with Crippen molar-refractivity contribution in [3.8, 4) is 0 Å². The van der Waals surface area contributed by atoms with Crippen LogP contribution in [-0.2, 0) is 10.5 Å². The Morgan fingerprint density at radius 2 is 2.00 bits per heavy atom. The zero-order valence-electron chi connectivity index (χ0n) is 10.5. The van der Waals surface area contributed by atoms with E-state index in [2.05, 4.69) is 14.7 Å². The quantitative estimate of drug-likeness (QED) is 0.587. The standard InChI is InChI=1S/C9H7ClO2S.C4H3ClN2/c1-12-9(11)7-6-3-2-5(4-13-6)8(7)10;5-4-6-2-1-3-7-4/h2-3H,4H2,1H3;1-3H. The number of nitrogens with zero attached hydrogens (tertiary/aromatic N) is 2. The molecule has 104 valence electrons. The normalized spacial score (nSPS) is 11.6. The molecule has 0 spiro atoms. The van der Waals surface area contributed by atoms with Gasteiger partial charge in [0.15, 0.2) is 0 Å². The number of rotatable bonds is 1. The molecule has 0 radical (unpaired) electrons. The van der Waals surface area contributed by atoms with Gasteiger partial charge in [-0.1, -0.05) is 17.7 Å². The van der Waals surface area contributed by atoms with E-state index in [0.717, 1.165) is 16.2 Å². The monoisotopic (exact) mass is 328 g/mol. The van der Waals surface area contributed by atoms with E-state index in [1.807, 2.05) is 12.1 Å². The third kappa shape index (κ3) is 3.42. The van der Waals surface area contributed by atoms with E-state index in [0.29, 0.717) is 15.9 Å². The number of hydrogen-bond donors (Lipinski definition) is 0. The largest absolute Gasteiger partial charge is 0.465 e. The lowest BCUT2D eigenvalue weighted by atomic mass is 10.1. The molecule has 1 aromatic heterocycles. The van der Waals surface area contributed by atoms with Crippen molar-refractivity contribution in [1.82, 2.24) is 9.97 Å². The number of fused-ring (bicyclic) bond motifs is 3. The minimum atomic E-state index is -0.353. The zero-order valence-corrected chi connectivity index (χ0v) is 12.8. The first-order chi connectivity index (χ1) is 9.63. The Balaban J connectivity index is 0.000000178. The predicted octanol–water partition coefficient (Wildman–Crippen LogP) is 3.86. The molecular weight excluding hydrogens is 319 g/mol. The molecule has 7 heteroatoms. The zero-order chi connectivity index (χ0) is 14.5. The summed E-state index contributed by atoms with van der Waals surface area (Å²) in [6.07, 6.45) is 3.19. The second-order valence-electron chi connectivity index (χ2n) is 3.71. The number of ether oxygens (including phenoxy) is 1. The highest BCUT2D eigenvalue weighted by Gasteiger charge is 2.23. The third-order valence-electron chi connectivity index (χ3n) is 2.49. The van der Waals surface area contributed by atoms with Crippen LogP contribution < -0.4 is 0 Å². The van der Waals surface area contributed by atoms with Crippen molar-refractivity contribution in [3.05, 3.63) is 52.0 Å². The molecule has 2 aliphatic rings. The molecule has 2 aliphatic heterocycles. The minimum absolute atomic E-state index is 0.294. The van der Waals surface area contributed by atoms with E-state index in [4.69, 9.17) is 23.2 Å². The number of carbonyl (C=O) groups is 1. The number of thioether (sulfide) groups is 1. The second kappa shape index (κ2) is 6.92. The highest BCUT2D eigenvalue weighted by Crippen LogP contribution is 2.40. The maximum Gasteiger partial charge on any atom is 0.340 e. The first kappa shape index (κ1) is 15.1. The van der Waals surface area contributed by atoms with Crippen LogP contribution in [0, 0.1) is 0 Å². The van der Waals surface area contributed by atoms with Gasteiger partial charge in [0, 0.05) is 23.0 Å². The van der Waals surface area contributed by atoms with Crippen LogP contribution >= 0.6 is 35.0 Å². The van der Waals surface area contributed by atoms with Gasteiger partial charge in [-0.3, -0.25) is 0 Å². The van der Waals surface area contributed by atoms with E-state index in [9.17, 15) is 4.79 Å². The van der Waals surface area contributed by atoms with Crippen molar-refractivity contribution in [2.45, 2.75) is 10.6 Å². The van der Waals surface area contributed by atoms with E-state index >= 15 is 0 Å². The molecule has 0 N–H and O–H groups in total. The number of esters is 1. The fraction of sp³-hybridized carbons (Fsp3) is 0.154. The summed E-state index contributed by atoms with van der Waals surface area (Å²) in [5.41, 5.74) is 1.51. The van der Waals surface area contributed by atoms with E-state index in [1.54, 1.807) is 30.2 Å². The number of aromatic nitrogens is 2. The van der Waals surface area contributed by atoms with Crippen LogP contribution in [0.5, 0.6) is 0 Å². The van der Waals surface area contributed by atoms with Gasteiger partial charge in [0.1, 0.15) is 0 Å². The number of benzene rings is 1. The summed E-state index contributed by atoms with van der Waals surface area (Å²) in [6.45, 7) is 0. The molecule has 2 bridgehead atoms. The van der Waals surface area contributed by atoms with E-state index < -0.39 is 0 Å². The fourth-order valence-corrected chi connectivity index (χ4v) is 3.16. The van der Waals surface area contributed by atoms with Crippen LogP contribution in [0.25, 0.3) is 0 Å². The van der Waals surface area contributed by atoms with Crippen LogP contribution in [0.15, 0.2) is 35.5 Å². The van der Waals surface area contributed by atoms with Crippen LogP contribution in [-0.4, -0.2) is 23.0 Å². The van der Waals surface area contributed by atoms with Crippen molar-refractivity contribution >= 4 is 40.9 Å². The van der Waals surface area contributed by atoms with E-state index in [-0.39, 0.29) is 5.97 Å². The molecule has 0 saturated carbocycles. The Hall–Kier alpha value is -1.30. The van der Waals surface area contributed by atoms with Gasteiger partial charge in [-0.2, -0.15) is 0 Å². The summed E-state index contributed by atoms with van der Waals surface area (Å²) in [5, 5.41) is 0.839. The molecule has 0 saturated heterocycles. The van der Waals surface area contributed by atoms with Crippen LogP contribution in [0.4, 0.5) is 0 Å². The van der Waals surface area contributed by atoms with Gasteiger partial charge in [0.05, 0.1) is 17.7 Å². The molecular formula is C13H10Cl2N2O2S. The lowest BCUT2D eigenvalue weighted by Crippen LogP contribution is -2.08. The second-order valence-corrected chi connectivity index (χ2v) is 5.44. The van der Waals surface area contributed by atoms with Gasteiger partial charge in [0.2, 0.25) is 5.28 Å². The Morgan fingerprint density at radius 1 is 1.30 bits per heavy atom. The molecule has 0 unspecified atom stereocenters. The molecule has 0 atom stereocenters. The van der Waals surface area contributed by atoms with Crippen LogP contribution in [0.2, 0.25) is 10.3 Å². The Morgan fingerprint density at radius 3 is 2.40 bits per heavy atom. The molecule has 1 aromatic carbocycles. The van der Waals surface area contributed by atoms with Gasteiger partial charge in [-0.15, -0.1) is 11.8 Å². The number of methoxy groups -OCH3 is 1. The third-order valence-corrected chi connectivity index (χ3v) is 4.22. The average Bonchev–Trinajstić information content (AvgIpc) is 2.49. The van der Waals surface area contributed by atoms with Crippen LogP contribution in [0.3, 0.4) is 0 Å². The SMILES string of the molecule is COC(=O)c1c2ccc(c1Cl)CS2.Clc1ncccn1. The number of carbonyl (C=O) groups excluding carboxylic acids is 1. The Kier molecular flexibility index (Phi) is 5.23. The maximum atomic E-state index is 11.3. The lowest BCUT2D eigenvalue weighted by molar-refractivity contribution is 0.0596. The molecule has 20 heavy (non-hydrogen) atoms. The van der Waals surface area contributed by atoms with Gasteiger partial charge >= 0.3 is 5.97 Å². The molecule has 2 aromatic rings. The number of hydrogen-bond acceptors (Lipinski definition) is 5. The molecule has 4 nitrogen and oxygen atoms in total. The molecule has 0 fully saturated rings. The van der Waals surface area contributed by atoms with E-state index in [1.165, 1.54) is 7.11 Å². The van der Waals surface area contributed by atoms with Gasteiger partial charge in [-0.05, 0) is 29.3 Å². The Labute approximate surface area is 130 Å². The van der Waals surface area contributed by atoms with Gasteiger partial charge in [0.25, 0.3) is 0 Å². The first-order valence-electron chi connectivity index (χ1n) is 5.58. The van der Waals surface area contributed by atoms with Crippen molar-refractivity contribution in [3.63, 3.8) is 0 Å². The summed E-state index contributed by atoms with van der Waals surface area (Å²) in [5.74, 6) is 0.500. The van der Waals surface area contributed by atoms with Crippen molar-refractivity contribution < 1.29 is 9.53 Å². The average molecular weight is 329 g/mol. The maximum absolute atomic E-state index is 11.3. The van der Waals surface area contributed by atoms with Crippen molar-refractivity contribution in [1.29, 1.82) is 0 Å². The summed E-state index contributed by atoms with van der Waals surface area (Å²) < 4.78 is 4.65. The molecule has 4 rings (SSSR count). The lowest BCUT2D eigenvalue weighted by Gasteiger charge is -2.17. The highest BCUT2D eigenvalue weighted by atomic mass is 35.5. The van der Waals surface area contributed by atoms with Gasteiger partial charge in [-0.25, -0.2) is 14.8 Å². The molecule has 3 heterocycles. The number of halogens is 2. The summed E-state index contributed by atoms with van der Waals surface area (Å²) in [4.78, 5) is 19.5. The smallest absolute Gasteiger partial charge is 0.340 e. The summed E-state index contributed by atoms with van der Waals surface area (Å²) in [6, 6.07) is 5.56. The first-order valence-corrected chi connectivity index (χ1v) is 7.32. The predicted molar refractivity (Wildman–Crippen MR) is 79.4 cm³/mol. The topological polar surface area (TPSA) is 52.1 Å². The summed E-state index contributed by atoms with van der Waals surface area (Å²) in [7, 11) is 1.36. The fourth-order valence-electron chi connectivity index (χ4n) is 1.56. The minimum Gasteiger partial charge on any atom is -0.465 e. The van der Waals surface area contributed by atoms with Crippen molar-refractivity contribution in [2.24, 2.45) is 0 Å². The van der Waals surface area contributed by atoms with Gasteiger partial charge < -0.3 is 4.74 Å². The highest BCUT2D eigenvalue weighted by molar-refractivity contribution is 7.98. The van der Waals surface area contributed by atoms with Crippen LogP contribution in [0.1, 0.15) is 15.9 Å². The molecule has 0 amide bonds. The van der Waals surface area contributed by atoms with Crippen molar-refractivity contribution in [2.75, 3.05) is 7.11 Å². The Bertz CT molecular complexity index is 623. The summed E-state index contributed by atoms with van der Waals surface area (Å²) >= 11 is 12.9. The molecule has 0 aliphatic carbocycles.